The van der Waals surface area contributed by atoms with Crippen LogP contribution in [0.2, 0.25) is 0 Å². The molecule has 0 fully saturated rings. The molecule has 1 amide bonds. The van der Waals surface area contributed by atoms with Gasteiger partial charge in [-0.05, 0) is 36.4 Å². The molecular formula is C15H11N3O3. The van der Waals surface area contributed by atoms with Gasteiger partial charge in [-0.1, -0.05) is 0 Å². The molecular weight excluding hydrogens is 270 g/mol. The molecule has 4 rings (SSSR count). The average Bonchev–Trinajstić information content (AvgIpc) is 3.14. The summed E-state index contributed by atoms with van der Waals surface area (Å²) in [6.07, 6.45) is 3.50. The number of carbonyl (C=O) groups excluding carboxylic acids is 1. The summed E-state index contributed by atoms with van der Waals surface area (Å²) in [4.78, 5) is 12.3. The summed E-state index contributed by atoms with van der Waals surface area (Å²) in [6, 6.07) is 10.6. The van der Waals surface area contributed by atoms with Gasteiger partial charge in [0.1, 0.15) is 0 Å². The third kappa shape index (κ3) is 2.06. The molecule has 3 aromatic rings. The molecule has 1 aliphatic heterocycles. The third-order valence-corrected chi connectivity index (χ3v) is 3.29. The first kappa shape index (κ1) is 11.8. The Labute approximate surface area is 119 Å². The van der Waals surface area contributed by atoms with Crippen LogP contribution in [0.25, 0.3) is 5.52 Å². The van der Waals surface area contributed by atoms with E-state index in [1.165, 1.54) is 0 Å². The minimum absolute atomic E-state index is 0.193. The molecule has 2 aromatic heterocycles. The normalized spacial score (nSPS) is 12.6. The third-order valence-electron chi connectivity index (χ3n) is 3.29. The van der Waals surface area contributed by atoms with Crippen molar-refractivity contribution >= 4 is 17.1 Å². The second-order valence-electron chi connectivity index (χ2n) is 4.64. The number of hydrogen-bond acceptors (Lipinski definition) is 4. The van der Waals surface area contributed by atoms with Crippen molar-refractivity contribution in [2.45, 2.75) is 0 Å². The first-order chi connectivity index (χ1) is 10.3. The van der Waals surface area contributed by atoms with Gasteiger partial charge in [-0.3, -0.25) is 4.79 Å². The van der Waals surface area contributed by atoms with Crippen molar-refractivity contribution in [3.63, 3.8) is 0 Å². The summed E-state index contributed by atoms with van der Waals surface area (Å²) in [5.41, 5.74) is 2.15. The molecule has 0 aliphatic carbocycles. The van der Waals surface area contributed by atoms with Crippen LogP contribution in [0.5, 0.6) is 11.5 Å². The lowest BCUT2D eigenvalue weighted by Crippen LogP contribution is -2.11. The van der Waals surface area contributed by atoms with Crippen molar-refractivity contribution < 1.29 is 14.3 Å². The molecule has 1 aromatic carbocycles. The van der Waals surface area contributed by atoms with Crippen molar-refractivity contribution in [3.8, 4) is 11.5 Å². The van der Waals surface area contributed by atoms with Crippen LogP contribution >= 0.6 is 0 Å². The highest BCUT2D eigenvalue weighted by Gasteiger charge is 2.16. The molecule has 104 valence electrons. The topological polar surface area (TPSA) is 64.9 Å². The van der Waals surface area contributed by atoms with E-state index in [9.17, 15) is 4.79 Å². The number of nitrogens with zero attached hydrogens (tertiary/aromatic N) is 2. The van der Waals surface area contributed by atoms with E-state index in [1.807, 2.05) is 12.1 Å². The summed E-state index contributed by atoms with van der Waals surface area (Å²) in [6.45, 7) is 0.193. The first-order valence-electron chi connectivity index (χ1n) is 6.44. The zero-order valence-corrected chi connectivity index (χ0v) is 10.9. The van der Waals surface area contributed by atoms with E-state index in [4.69, 9.17) is 9.47 Å². The molecule has 1 aliphatic rings. The molecule has 0 radical (unpaired) electrons. The number of nitrogens with one attached hydrogen (secondary N) is 1. The molecule has 6 heteroatoms. The number of fused-ring (bicyclic) bond motifs is 2. The van der Waals surface area contributed by atoms with Crippen LogP contribution in [-0.4, -0.2) is 22.3 Å². The van der Waals surface area contributed by atoms with Gasteiger partial charge in [0.2, 0.25) is 6.79 Å². The second-order valence-corrected chi connectivity index (χ2v) is 4.64. The number of aromatic nitrogens is 2. The Kier molecular flexibility index (Phi) is 2.53. The second kappa shape index (κ2) is 4.52. The summed E-state index contributed by atoms with van der Waals surface area (Å²) in [7, 11) is 0. The van der Waals surface area contributed by atoms with Crippen LogP contribution in [0.15, 0.2) is 48.8 Å². The van der Waals surface area contributed by atoms with Gasteiger partial charge in [0, 0.05) is 23.6 Å². The number of carbonyl (C=O) groups is 1. The van der Waals surface area contributed by atoms with Gasteiger partial charge in [0.15, 0.2) is 11.5 Å². The van der Waals surface area contributed by atoms with Crippen LogP contribution in [0.3, 0.4) is 0 Å². The van der Waals surface area contributed by atoms with Crippen molar-refractivity contribution in [2.75, 3.05) is 12.1 Å². The van der Waals surface area contributed by atoms with Gasteiger partial charge < -0.3 is 14.8 Å². The maximum atomic E-state index is 12.3. The Balaban J connectivity index is 1.59. The predicted octanol–water partition coefficient (Wildman–Crippen LogP) is 2.32. The SMILES string of the molecule is O=C(Nc1ccn2nccc2c1)c1ccc2c(c1)OCO2. The summed E-state index contributed by atoms with van der Waals surface area (Å²) >= 11 is 0. The molecule has 0 atom stereocenters. The van der Waals surface area contributed by atoms with Gasteiger partial charge in [-0.15, -0.1) is 0 Å². The highest BCUT2D eigenvalue weighted by molar-refractivity contribution is 6.04. The van der Waals surface area contributed by atoms with Gasteiger partial charge >= 0.3 is 0 Å². The minimum Gasteiger partial charge on any atom is -0.454 e. The largest absolute Gasteiger partial charge is 0.454 e. The lowest BCUT2D eigenvalue weighted by Gasteiger charge is -2.06. The smallest absolute Gasteiger partial charge is 0.255 e. The standard InChI is InChI=1S/C15H11N3O3/c19-15(10-1-2-13-14(7-10)21-9-20-13)17-11-4-6-18-12(8-11)3-5-16-18/h1-8H,9H2,(H,17,19). The summed E-state index contributed by atoms with van der Waals surface area (Å²) in [5, 5.41) is 6.96. The molecule has 21 heavy (non-hydrogen) atoms. The number of ether oxygens (including phenoxy) is 2. The maximum absolute atomic E-state index is 12.3. The van der Waals surface area contributed by atoms with Gasteiger partial charge in [0.25, 0.3) is 5.91 Å². The van der Waals surface area contributed by atoms with E-state index in [0.717, 1.165) is 5.52 Å². The first-order valence-corrected chi connectivity index (χ1v) is 6.44. The number of pyridine rings is 1. The van der Waals surface area contributed by atoms with E-state index in [1.54, 1.807) is 41.2 Å². The highest BCUT2D eigenvalue weighted by Crippen LogP contribution is 2.32. The maximum Gasteiger partial charge on any atom is 0.255 e. The molecule has 3 heterocycles. The van der Waals surface area contributed by atoms with Gasteiger partial charge in [-0.2, -0.15) is 5.10 Å². The van der Waals surface area contributed by atoms with E-state index in [0.29, 0.717) is 22.7 Å². The molecule has 1 N–H and O–H groups in total. The van der Waals surface area contributed by atoms with Crippen molar-refractivity contribution in [2.24, 2.45) is 0 Å². The zero-order chi connectivity index (χ0) is 14.2. The number of hydrogen-bond donors (Lipinski definition) is 1. The summed E-state index contributed by atoms with van der Waals surface area (Å²) < 4.78 is 12.2. The van der Waals surface area contributed by atoms with Crippen molar-refractivity contribution in [1.82, 2.24) is 9.61 Å². The van der Waals surface area contributed by atoms with Crippen molar-refractivity contribution in [1.29, 1.82) is 0 Å². The van der Waals surface area contributed by atoms with Crippen molar-refractivity contribution in [3.05, 3.63) is 54.4 Å². The Morgan fingerprint density at radius 2 is 2.05 bits per heavy atom. The number of benzene rings is 1. The zero-order valence-electron chi connectivity index (χ0n) is 10.9. The minimum atomic E-state index is -0.197. The Hall–Kier alpha value is -3.02. The summed E-state index contributed by atoms with van der Waals surface area (Å²) in [5.74, 6) is 1.05. The quantitative estimate of drug-likeness (QED) is 0.783. The Morgan fingerprint density at radius 1 is 1.14 bits per heavy atom. The lowest BCUT2D eigenvalue weighted by molar-refractivity contribution is 0.102. The van der Waals surface area contributed by atoms with Gasteiger partial charge in [0.05, 0.1) is 5.52 Å². The van der Waals surface area contributed by atoms with E-state index >= 15 is 0 Å². The highest BCUT2D eigenvalue weighted by atomic mass is 16.7. The predicted molar refractivity (Wildman–Crippen MR) is 75.7 cm³/mol. The number of rotatable bonds is 2. The van der Waals surface area contributed by atoms with Crippen LogP contribution < -0.4 is 14.8 Å². The molecule has 0 unspecified atom stereocenters. The monoisotopic (exact) mass is 281 g/mol. The molecule has 6 nitrogen and oxygen atoms in total. The molecule has 0 bridgehead atoms. The fourth-order valence-electron chi connectivity index (χ4n) is 2.24. The van der Waals surface area contributed by atoms with Crippen LogP contribution in [0.4, 0.5) is 5.69 Å². The lowest BCUT2D eigenvalue weighted by atomic mass is 10.2. The molecule has 0 saturated heterocycles. The molecule has 0 saturated carbocycles. The fourth-order valence-corrected chi connectivity index (χ4v) is 2.24. The van der Waals surface area contributed by atoms with Gasteiger partial charge in [-0.25, -0.2) is 4.52 Å². The van der Waals surface area contributed by atoms with Crippen LogP contribution in [0, 0.1) is 0 Å². The van der Waals surface area contributed by atoms with Crippen LogP contribution in [-0.2, 0) is 0 Å². The fraction of sp³-hybridized carbons (Fsp3) is 0.0667. The average molecular weight is 281 g/mol. The molecule has 0 spiro atoms. The van der Waals surface area contributed by atoms with Crippen LogP contribution in [0.1, 0.15) is 10.4 Å². The van der Waals surface area contributed by atoms with E-state index in [2.05, 4.69) is 10.4 Å². The van der Waals surface area contributed by atoms with E-state index < -0.39 is 0 Å². The number of anilines is 1. The number of amides is 1. The Morgan fingerprint density at radius 3 is 3.00 bits per heavy atom. The Bertz CT molecular complexity index is 841. The van der Waals surface area contributed by atoms with E-state index in [-0.39, 0.29) is 12.7 Å².